The first-order chi connectivity index (χ1) is 23.4. The van der Waals surface area contributed by atoms with Crippen molar-refractivity contribution in [3.8, 4) is 23.0 Å². The molecule has 0 radical (unpaired) electrons. The van der Waals surface area contributed by atoms with E-state index >= 15 is 0 Å². The molecule has 14 heteroatoms. The van der Waals surface area contributed by atoms with Crippen LogP contribution < -0.4 is 44.7 Å². The maximum Gasteiger partial charge on any atom is 1.00 e. The Kier molecular flexibility index (Phi) is 13.4. The van der Waals surface area contributed by atoms with Gasteiger partial charge in [-0.3, -0.25) is 14.4 Å². The van der Waals surface area contributed by atoms with Crippen LogP contribution in [0.15, 0.2) is 42.2 Å². The van der Waals surface area contributed by atoms with E-state index in [4.69, 9.17) is 18.9 Å². The van der Waals surface area contributed by atoms with Gasteiger partial charge in [-0.1, -0.05) is 51.7 Å². The number of amides is 1. The van der Waals surface area contributed by atoms with Gasteiger partial charge in [-0.25, -0.2) is 0 Å². The van der Waals surface area contributed by atoms with Crippen LogP contribution in [0.2, 0.25) is 0 Å². The van der Waals surface area contributed by atoms with Gasteiger partial charge < -0.3 is 49.8 Å². The normalized spacial score (nSPS) is 32.6. The average molecular weight is 720 g/mol. The molecule has 2 aromatic carbocycles. The summed E-state index contributed by atoms with van der Waals surface area (Å²) in [7, 11) is 1.43. The maximum atomic E-state index is 13.9. The number of nitrogens with one attached hydrogen (secondary N) is 1. The van der Waals surface area contributed by atoms with Gasteiger partial charge in [0.15, 0.2) is 0 Å². The Balaban J connectivity index is 0.00000702. The first kappa shape index (κ1) is 41.8. The molecule has 0 saturated carbocycles. The predicted molar refractivity (Wildman–Crippen MR) is 182 cm³/mol. The first-order valence-electron chi connectivity index (χ1n) is 16.4. The van der Waals surface area contributed by atoms with Gasteiger partial charge in [0.2, 0.25) is 0 Å². The van der Waals surface area contributed by atoms with E-state index < -0.39 is 88.8 Å². The van der Waals surface area contributed by atoms with Gasteiger partial charge in [0, 0.05) is 67.0 Å². The predicted octanol–water partition coefficient (Wildman–Crippen LogP) is 1.13. The molecule has 5 N–H and O–H groups in total. The zero-order valence-corrected chi connectivity index (χ0v) is 32.6. The summed E-state index contributed by atoms with van der Waals surface area (Å²) >= 11 is 0. The molecule has 3 aliphatic rings. The number of methoxy groups -OCH3 is 1. The molecule has 272 valence electrons. The molecule has 13 nitrogen and oxygen atoms in total. The number of anilines is 1. The van der Waals surface area contributed by atoms with E-state index in [1.807, 2.05) is 0 Å². The number of carbonyl (C=O) groups excluding carboxylic acids is 3. The maximum absolute atomic E-state index is 13.9. The second-order valence-corrected chi connectivity index (χ2v) is 13.4. The van der Waals surface area contributed by atoms with Crippen LogP contribution in [0.1, 0.15) is 64.4 Å². The number of rotatable bonds is 2. The SMILES string of the molecule is CO[C@H]1/C=C/O[C@@]2(C)Oc3c(C)c([O-])c4c(O)c(cc(O)c4c3C2=O)NC(=O)/C(C)=C\C=C\[C@@H](C)[C@H](O)[C@@H](C)[C@@H](O)[C@@H](C)[C@H](OC(C)=O)[C@@H]1C.[Na+]. The third-order valence-electron chi connectivity index (χ3n) is 9.81. The van der Waals surface area contributed by atoms with Crippen LogP contribution >= 0.6 is 0 Å². The molecule has 3 aliphatic heterocycles. The molecule has 5 bridgehead atoms. The van der Waals surface area contributed by atoms with E-state index in [2.05, 4.69) is 5.32 Å². The second-order valence-electron chi connectivity index (χ2n) is 13.4. The number of phenols is 2. The number of allylic oxidation sites excluding steroid dienone is 2. The topological polar surface area (TPSA) is 204 Å². The van der Waals surface area contributed by atoms with Crippen LogP contribution in [0.25, 0.3) is 10.8 Å². The number of carbonyl (C=O) groups is 3. The van der Waals surface area contributed by atoms with Crippen molar-refractivity contribution >= 4 is 34.1 Å². The standard InChI is InChI=1S/C37H47NO12.Na/c1-16-11-10-12-17(2)36(46)38-23-15-24(40)26-27(32(23)44)31(43)21(6)34-28(26)35(45)37(8,50-34)48-14-13-25(47-9)18(3)33(49-22(7)39)20(5)30(42)19(4)29(16)41;/h10-16,18-20,25,29-30,33,40-44H,1-9H3,(H,38,46);/q;+1/p-1/b11-10+,14-13+,17-12-;/t16-,18-,19-,20-,25+,29+,30-,33-,37+;/m1./s1. The summed E-state index contributed by atoms with van der Waals surface area (Å²) in [5, 5.41) is 60.2. The Morgan fingerprint density at radius 3 is 2.25 bits per heavy atom. The minimum Gasteiger partial charge on any atom is -0.872 e. The third kappa shape index (κ3) is 8.08. The van der Waals surface area contributed by atoms with E-state index in [9.17, 15) is 39.9 Å². The smallest absolute Gasteiger partial charge is 0.872 e. The van der Waals surface area contributed by atoms with Crippen molar-refractivity contribution in [3.05, 3.63) is 53.3 Å². The molecular weight excluding hydrogens is 673 g/mol. The Hall–Kier alpha value is -3.59. The van der Waals surface area contributed by atoms with Crippen LogP contribution in [-0.2, 0) is 23.8 Å². The van der Waals surface area contributed by atoms with Gasteiger partial charge in [-0.15, -0.1) is 0 Å². The Morgan fingerprint density at radius 2 is 1.65 bits per heavy atom. The fourth-order valence-electron chi connectivity index (χ4n) is 6.64. The van der Waals surface area contributed by atoms with E-state index in [0.717, 1.165) is 6.07 Å². The number of ketones is 1. The molecule has 3 heterocycles. The molecule has 1 amide bonds. The summed E-state index contributed by atoms with van der Waals surface area (Å²) in [5.41, 5.74) is -0.300. The van der Waals surface area contributed by atoms with E-state index in [0.29, 0.717) is 0 Å². The van der Waals surface area contributed by atoms with Gasteiger partial charge in [0.05, 0.1) is 35.8 Å². The molecule has 2 aromatic rings. The van der Waals surface area contributed by atoms with Crippen molar-refractivity contribution in [1.82, 2.24) is 0 Å². The first-order valence-corrected chi connectivity index (χ1v) is 16.4. The minimum atomic E-state index is -2.01. The Bertz CT molecular complexity index is 1770. The van der Waals surface area contributed by atoms with Gasteiger partial charge in [0.25, 0.3) is 11.7 Å². The quantitative estimate of drug-likeness (QED) is 0.128. The van der Waals surface area contributed by atoms with Crippen molar-refractivity contribution < 1.29 is 88.4 Å². The van der Waals surface area contributed by atoms with Gasteiger partial charge >= 0.3 is 41.3 Å². The number of ether oxygens (including phenoxy) is 4. The Morgan fingerprint density at radius 1 is 1.00 bits per heavy atom. The van der Waals surface area contributed by atoms with Gasteiger partial charge in [-0.05, 0) is 25.5 Å². The molecule has 0 spiro atoms. The van der Waals surface area contributed by atoms with Crippen molar-refractivity contribution in [1.29, 1.82) is 0 Å². The fourth-order valence-corrected chi connectivity index (χ4v) is 6.64. The van der Waals surface area contributed by atoms with Crippen LogP contribution in [0.3, 0.4) is 0 Å². The molecule has 0 fully saturated rings. The third-order valence-corrected chi connectivity index (χ3v) is 9.81. The number of benzene rings is 2. The minimum absolute atomic E-state index is 0. The summed E-state index contributed by atoms with van der Waals surface area (Å²) in [4.78, 5) is 39.2. The molecule has 0 unspecified atom stereocenters. The summed E-state index contributed by atoms with van der Waals surface area (Å²) in [5.74, 6) is -8.51. The number of hydrogen-bond acceptors (Lipinski definition) is 12. The van der Waals surface area contributed by atoms with Crippen LogP contribution in [0.5, 0.6) is 23.0 Å². The Labute approximate surface area is 319 Å². The number of aliphatic hydroxyl groups is 2. The van der Waals surface area contributed by atoms with E-state index in [1.165, 1.54) is 53.2 Å². The van der Waals surface area contributed by atoms with Crippen molar-refractivity contribution in [2.45, 2.75) is 85.6 Å². The second kappa shape index (κ2) is 16.4. The fraction of sp³-hybridized carbons (Fsp3) is 0.486. The number of aromatic hydroxyl groups is 2. The molecule has 0 aliphatic carbocycles. The van der Waals surface area contributed by atoms with Crippen molar-refractivity contribution in [2.24, 2.45) is 23.7 Å². The molecule has 0 aromatic heterocycles. The number of fused-ring (bicyclic) bond motifs is 14. The van der Waals surface area contributed by atoms with Crippen LogP contribution in [-0.4, -0.2) is 75.4 Å². The van der Waals surface area contributed by atoms with Crippen molar-refractivity contribution in [3.63, 3.8) is 0 Å². The summed E-state index contributed by atoms with van der Waals surface area (Å²) < 4.78 is 23.1. The summed E-state index contributed by atoms with van der Waals surface area (Å²) in [6.45, 7) is 12.4. The van der Waals surface area contributed by atoms with Crippen LogP contribution in [0.4, 0.5) is 5.69 Å². The zero-order valence-electron chi connectivity index (χ0n) is 30.6. The van der Waals surface area contributed by atoms with Gasteiger partial charge in [-0.2, -0.15) is 0 Å². The summed E-state index contributed by atoms with van der Waals surface area (Å²) in [6, 6.07) is 1.03. The van der Waals surface area contributed by atoms with E-state index in [-0.39, 0.29) is 68.5 Å². The molecule has 0 saturated heterocycles. The van der Waals surface area contributed by atoms with Crippen molar-refractivity contribution in [2.75, 3.05) is 12.4 Å². The average Bonchev–Trinajstić information content (AvgIpc) is 3.33. The zero-order chi connectivity index (χ0) is 37.4. The molecule has 5 rings (SSSR count). The number of phenolic OH excluding ortho intramolecular Hbond substituents is 2. The number of aliphatic hydroxyl groups excluding tert-OH is 2. The monoisotopic (exact) mass is 719 g/mol. The number of esters is 1. The number of hydrogen-bond donors (Lipinski definition) is 5. The number of Topliss-reactive ketones (excluding diaryl/α,β-unsaturated/α-hetero) is 1. The van der Waals surface area contributed by atoms with E-state index in [1.54, 1.807) is 39.8 Å². The molecular formula is C37H46NNaO12. The molecule has 51 heavy (non-hydrogen) atoms. The largest absolute Gasteiger partial charge is 1.00 e. The van der Waals surface area contributed by atoms with Gasteiger partial charge in [0.1, 0.15) is 23.4 Å². The molecule has 9 atom stereocenters. The van der Waals surface area contributed by atoms with Crippen LogP contribution in [0, 0.1) is 30.6 Å². The summed E-state index contributed by atoms with van der Waals surface area (Å²) in [6.07, 6.45) is 3.53.